The highest BCUT2D eigenvalue weighted by Crippen LogP contribution is 2.38. The summed E-state index contributed by atoms with van der Waals surface area (Å²) in [4.78, 5) is 0. The van der Waals surface area contributed by atoms with Crippen molar-refractivity contribution in [1.82, 2.24) is 9.78 Å². The van der Waals surface area contributed by atoms with E-state index in [9.17, 15) is 0 Å². The first-order valence-electron chi connectivity index (χ1n) is 10.8. The van der Waals surface area contributed by atoms with Crippen LogP contribution in [0.2, 0.25) is 18.1 Å². The Kier molecular flexibility index (Phi) is 5.80. The van der Waals surface area contributed by atoms with E-state index in [1.54, 1.807) is 0 Å². The van der Waals surface area contributed by atoms with Gasteiger partial charge in [-0.2, -0.15) is 5.10 Å². The van der Waals surface area contributed by atoms with Gasteiger partial charge in [0.2, 0.25) is 8.32 Å². The van der Waals surface area contributed by atoms with Gasteiger partial charge in [-0.25, -0.2) is 0 Å². The monoisotopic (exact) mass is 428 g/mol. The van der Waals surface area contributed by atoms with Gasteiger partial charge in [0.25, 0.3) is 0 Å². The van der Waals surface area contributed by atoms with E-state index < -0.39 is 15.4 Å². The first-order chi connectivity index (χ1) is 13.6. The van der Waals surface area contributed by atoms with Crippen LogP contribution in [-0.4, -0.2) is 36.4 Å². The van der Waals surface area contributed by atoms with Crippen molar-refractivity contribution in [3.63, 3.8) is 0 Å². The third-order valence-electron chi connectivity index (χ3n) is 7.09. The SMILES string of the molecule is CC(c1ccc(O[Si](C)(C)C(C)(C)C)cc1)n1cc(B2OC(C)(C)C(C)(C)O2)cn1. The van der Waals surface area contributed by atoms with Gasteiger partial charge < -0.3 is 13.7 Å². The number of aromatic nitrogens is 2. The number of hydrogen-bond donors (Lipinski definition) is 0. The van der Waals surface area contributed by atoms with E-state index in [1.165, 1.54) is 5.56 Å². The lowest BCUT2D eigenvalue weighted by Crippen LogP contribution is -2.43. The Labute approximate surface area is 183 Å². The largest absolute Gasteiger partial charge is 0.544 e. The molecule has 0 radical (unpaired) electrons. The Morgan fingerprint density at radius 3 is 2.07 bits per heavy atom. The first-order valence-corrected chi connectivity index (χ1v) is 13.7. The molecular weight excluding hydrogens is 391 g/mol. The summed E-state index contributed by atoms with van der Waals surface area (Å²) in [6, 6.07) is 8.51. The molecule has 30 heavy (non-hydrogen) atoms. The summed E-state index contributed by atoms with van der Waals surface area (Å²) >= 11 is 0. The molecule has 0 aliphatic carbocycles. The Balaban J connectivity index is 1.72. The second-order valence-electron chi connectivity index (χ2n) is 10.9. The minimum Gasteiger partial charge on any atom is -0.544 e. The molecule has 0 amide bonds. The average Bonchev–Trinajstić information content (AvgIpc) is 3.16. The standard InChI is InChI=1S/C23H37BN2O3Si/c1-17(18-11-13-20(14-12-18)27-30(9,10)21(2,3)4)26-16-19(15-25-26)24-28-22(5,6)23(7,8)29-24/h11-17H,1-10H3. The number of nitrogens with zero attached hydrogens (tertiary/aromatic N) is 2. The molecular formula is C23H37BN2O3Si. The Morgan fingerprint density at radius 1 is 1.03 bits per heavy atom. The van der Waals surface area contributed by atoms with Crippen LogP contribution in [0.15, 0.2) is 36.7 Å². The van der Waals surface area contributed by atoms with Gasteiger partial charge in [0, 0.05) is 17.9 Å². The maximum Gasteiger partial charge on any atom is 0.498 e. The lowest BCUT2D eigenvalue weighted by molar-refractivity contribution is 0.00578. The summed E-state index contributed by atoms with van der Waals surface area (Å²) in [6.45, 7) is 21.7. The van der Waals surface area contributed by atoms with E-state index >= 15 is 0 Å². The molecule has 2 aromatic rings. The van der Waals surface area contributed by atoms with Crippen LogP contribution < -0.4 is 9.89 Å². The van der Waals surface area contributed by atoms with Crippen LogP contribution in [0, 0.1) is 0 Å². The molecule has 2 heterocycles. The molecule has 7 heteroatoms. The van der Waals surface area contributed by atoms with Crippen LogP contribution in [0.25, 0.3) is 0 Å². The van der Waals surface area contributed by atoms with E-state index in [1.807, 2.05) is 17.1 Å². The van der Waals surface area contributed by atoms with Crippen molar-refractivity contribution in [2.45, 2.75) is 90.8 Å². The Bertz CT molecular complexity index is 869. The van der Waals surface area contributed by atoms with E-state index in [-0.39, 0.29) is 22.3 Å². The molecule has 1 unspecified atom stereocenters. The molecule has 0 N–H and O–H groups in total. The highest BCUT2D eigenvalue weighted by Gasteiger charge is 2.52. The van der Waals surface area contributed by atoms with E-state index in [0.29, 0.717) is 0 Å². The lowest BCUT2D eigenvalue weighted by atomic mass is 9.82. The van der Waals surface area contributed by atoms with Gasteiger partial charge in [0.05, 0.1) is 17.2 Å². The predicted octanol–water partition coefficient (Wildman–Crippen LogP) is 5.18. The van der Waals surface area contributed by atoms with Gasteiger partial charge in [0.1, 0.15) is 5.75 Å². The highest BCUT2D eigenvalue weighted by atomic mass is 28.4. The fraction of sp³-hybridized carbons (Fsp3) is 0.609. The quantitative estimate of drug-likeness (QED) is 0.616. The van der Waals surface area contributed by atoms with Gasteiger partial charge >= 0.3 is 7.12 Å². The van der Waals surface area contributed by atoms with Crippen LogP contribution in [0.1, 0.15) is 67.0 Å². The molecule has 1 aromatic heterocycles. The van der Waals surface area contributed by atoms with Crippen molar-refractivity contribution in [3.05, 3.63) is 42.2 Å². The Morgan fingerprint density at radius 2 is 1.57 bits per heavy atom. The molecule has 1 saturated heterocycles. The van der Waals surface area contributed by atoms with Crippen LogP contribution in [0.5, 0.6) is 5.75 Å². The van der Waals surface area contributed by atoms with Crippen molar-refractivity contribution in [2.75, 3.05) is 0 Å². The maximum absolute atomic E-state index is 6.40. The third kappa shape index (κ3) is 4.39. The fourth-order valence-electron chi connectivity index (χ4n) is 3.08. The number of benzene rings is 1. The molecule has 5 nitrogen and oxygen atoms in total. The fourth-order valence-corrected chi connectivity index (χ4v) is 4.11. The molecule has 1 aliphatic rings. The van der Waals surface area contributed by atoms with Crippen molar-refractivity contribution in [1.29, 1.82) is 0 Å². The smallest absolute Gasteiger partial charge is 0.498 e. The van der Waals surface area contributed by atoms with Crippen LogP contribution >= 0.6 is 0 Å². The third-order valence-corrected chi connectivity index (χ3v) is 11.4. The minimum absolute atomic E-state index is 0.100. The normalized spacial score (nSPS) is 19.7. The van der Waals surface area contributed by atoms with Gasteiger partial charge in [-0.1, -0.05) is 32.9 Å². The van der Waals surface area contributed by atoms with E-state index in [4.69, 9.17) is 13.7 Å². The van der Waals surface area contributed by atoms with E-state index in [0.717, 1.165) is 11.2 Å². The molecule has 164 valence electrons. The topological polar surface area (TPSA) is 45.5 Å². The van der Waals surface area contributed by atoms with Crippen molar-refractivity contribution in [2.24, 2.45) is 0 Å². The van der Waals surface area contributed by atoms with Gasteiger partial charge in [-0.3, -0.25) is 4.68 Å². The molecule has 1 fully saturated rings. The second kappa shape index (κ2) is 7.54. The summed E-state index contributed by atoms with van der Waals surface area (Å²) < 4.78 is 20.7. The molecule has 3 rings (SSSR count). The minimum atomic E-state index is -1.84. The molecule has 0 bridgehead atoms. The summed E-state index contributed by atoms with van der Waals surface area (Å²) in [5.74, 6) is 0.941. The van der Waals surface area contributed by atoms with Crippen molar-refractivity contribution >= 4 is 20.9 Å². The molecule has 1 aromatic carbocycles. The van der Waals surface area contributed by atoms with Gasteiger partial charge in [0.15, 0.2) is 0 Å². The number of hydrogen-bond acceptors (Lipinski definition) is 4. The molecule has 1 atom stereocenters. The van der Waals surface area contributed by atoms with Crippen LogP contribution in [0.4, 0.5) is 0 Å². The average molecular weight is 428 g/mol. The summed E-state index contributed by atoms with van der Waals surface area (Å²) in [5.41, 5.74) is 1.41. The zero-order valence-corrected chi connectivity index (χ0v) is 21.2. The molecule has 0 spiro atoms. The first kappa shape index (κ1) is 23.1. The number of rotatable bonds is 5. The van der Waals surface area contributed by atoms with Gasteiger partial charge in [-0.05, 0) is 70.4 Å². The summed E-state index contributed by atoms with van der Waals surface area (Å²) in [7, 11) is -2.23. The maximum atomic E-state index is 6.40. The van der Waals surface area contributed by atoms with Crippen LogP contribution in [0.3, 0.4) is 0 Å². The van der Waals surface area contributed by atoms with E-state index in [2.05, 4.69) is 97.8 Å². The summed E-state index contributed by atoms with van der Waals surface area (Å²) in [6.07, 6.45) is 3.86. The molecule has 1 aliphatic heterocycles. The highest BCUT2D eigenvalue weighted by molar-refractivity contribution is 6.74. The second-order valence-corrected chi connectivity index (χ2v) is 15.7. The zero-order chi connectivity index (χ0) is 22.5. The Hall–Kier alpha value is -1.57. The van der Waals surface area contributed by atoms with Gasteiger partial charge in [-0.15, -0.1) is 0 Å². The molecule has 0 saturated carbocycles. The lowest BCUT2D eigenvalue weighted by Gasteiger charge is -2.36. The predicted molar refractivity (Wildman–Crippen MR) is 126 cm³/mol. The van der Waals surface area contributed by atoms with Crippen molar-refractivity contribution < 1.29 is 13.7 Å². The summed E-state index contributed by atoms with van der Waals surface area (Å²) in [5, 5.41) is 4.76. The zero-order valence-electron chi connectivity index (χ0n) is 20.2. The van der Waals surface area contributed by atoms with Crippen molar-refractivity contribution in [3.8, 4) is 5.75 Å². The van der Waals surface area contributed by atoms with Crippen LogP contribution in [-0.2, 0) is 9.31 Å².